The van der Waals surface area contributed by atoms with E-state index in [4.69, 9.17) is 0 Å². The van der Waals surface area contributed by atoms with E-state index in [1.165, 1.54) is 22.7 Å². The smallest absolute Gasteiger partial charge is 0.276 e. The number of rotatable bonds is 4. The van der Waals surface area contributed by atoms with Crippen LogP contribution in [0, 0.1) is 0 Å². The van der Waals surface area contributed by atoms with Crippen LogP contribution in [0.3, 0.4) is 0 Å². The molecule has 0 saturated heterocycles. The predicted molar refractivity (Wildman–Crippen MR) is 104 cm³/mol. The molecule has 0 aromatic carbocycles. The molecule has 0 saturated carbocycles. The molecule has 0 bridgehead atoms. The average Bonchev–Trinajstić information content (AvgIpc) is 3.35. The van der Waals surface area contributed by atoms with Crippen molar-refractivity contribution >= 4 is 61.0 Å². The van der Waals surface area contributed by atoms with Gasteiger partial charge in [0.2, 0.25) is 5.13 Å². The second kappa shape index (κ2) is 7.08. The SMILES string of the molecule is O=C(Nc1nnc(-c2ccccn2)s1)c1csc(-c2cc(Br)cs2)n1. The molecule has 0 unspecified atom stereocenters. The Morgan fingerprint density at radius 1 is 1.12 bits per heavy atom. The molecule has 4 heterocycles. The van der Waals surface area contributed by atoms with Crippen molar-refractivity contribution < 1.29 is 4.79 Å². The standard InChI is InChI=1S/C15H8BrN5OS3/c16-8-5-11(23-6-8)14-18-10(7-24-14)12(22)19-15-21-20-13(25-15)9-3-1-2-4-17-9/h1-7H,(H,19,21,22). The van der Waals surface area contributed by atoms with Crippen molar-refractivity contribution in [2.45, 2.75) is 0 Å². The van der Waals surface area contributed by atoms with E-state index in [0.29, 0.717) is 15.8 Å². The van der Waals surface area contributed by atoms with Crippen molar-refractivity contribution in [3.8, 4) is 20.6 Å². The summed E-state index contributed by atoms with van der Waals surface area (Å²) in [6, 6.07) is 7.54. The first-order valence-corrected chi connectivity index (χ1v) is 10.3. The van der Waals surface area contributed by atoms with E-state index in [-0.39, 0.29) is 5.91 Å². The highest BCUT2D eigenvalue weighted by Crippen LogP contribution is 2.32. The van der Waals surface area contributed by atoms with Crippen molar-refractivity contribution in [2.24, 2.45) is 0 Å². The number of carbonyl (C=O) groups is 1. The minimum absolute atomic E-state index is 0.304. The van der Waals surface area contributed by atoms with Gasteiger partial charge in [0, 0.05) is 21.4 Å². The maximum atomic E-state index is 12.4. The maximum absolute atomic E-state index is 12.4. The second-order valence-corrected chi connectivity index (χ2v) is 8.41. The molecule has 4 rings (SSSR count). The highest BCUT2D eigenvalue weighted by molar-refractivity contribution is 9.10. The highest BCUT2D eigenvalue weighted by atomic mass is 79.9. The third-order valence-electron chi connectivity index (χ3n) is 3.04. The van der Waals surface area contributed by atoms with Crippen LogP contribution >= 0.6 is 49.9 Å². The zero-order valence-electron chi connectivity index (χ0n) is 12.3. The predicted octanol–water partition coefficient (Wildman–Crippen LogP) is 4.80. The Morgan fingerprint density at radius 2 is 2.04 bits per heavy atom. The molecule has 0 atom stereocenters. The van der Waals surface area contributed by atoms with Crippen LogP contribution in [0.1, 0.15) is 10.5 Å². The van der Waals surface area contributed by atoms with Crippen molar-refractivity contribution in [2.75, 3.05) is 5.32 Å². The van der Waals surface area contributed by atoms with Crippen LogP contribution < -0.4 is 5.32 Å². The lowest BCUT2D eigenvalue weighted by molar-refractivity contribution is 0.102. The first kappa shape index (κ1) is 16.5. The molecular formula is C15H8BrN5OS3. The van der Waals surface area contributed by atoms with Gasteiger partial charge < -0.3 is 0 Å². The lowest BCUT2D eigenvalue weighted by Crippen LogP contribution is -2.12. The van der Waals surface area contributed by atoms with Crippen LogP contribution in [0.4, 0.5) is 5.13 Å². The van der Waals surface area contributed by atoms with E-state index in [1.807, 2.05) is 29.6 Å². The van der Waals surface area contributed by atoms with Gasteiger partial charge in [-0.1, -0.05) is 17.4 Å². The van der Waals surface area contributed by atoms with Gasteiger partial charge in [-0.25, -0.2) is 4.98 Å². The molecule has 0 spiro atoms. The Labute approximate surface area is 162 Å². The van der Waals surface area contributed by atoms with Crippen molar-refractivity contribution in [1.29, 1.82) is 0 Å². The minimum atomic E-state index is -0.304. The lowest BCUT2D eigenvalue weighted by atomic mass is 10.4. The molecule has 10 heteroatoms. The zero-order valence-corrected chi connectivity index (χ0v) is 16.4. The maximum Gasteiger partial charge on any atom is 0.276 e. The Morgan fingerprint density at radius 3 is 2.80 bits per heavy atom. The zero-order chi connectivity index (χ0) is 17.2. The van der Waals surface area contributed by atoms with E-state index in [0.717, 1.165) is 20.1 Å². The number of amides is 1. The third kappa shape index (κ3) is 3.66. The van der Waals surface area contributed by atoms with Gasteiger partial charge in [-0.2, -0.15) is 0 Å². The third-order valence-corrected chi connectivity index (χ3v) is 6.61. The van der Waals surface area contributed by atoms with Crippen LogP contribution in [0.25, 0.3) is 20.6 Å². The van der Waals surface area contributed by atoms with Crippen LogP contribution in [-0.2, 0) is 0 Å². The summed E-state index contributed by atoms with van der Waals surface area (Å²) in [6.07, 6.45) is 1.69. The molecule has 4 aromatic heterocycles. The number of aromatic nitrogens is 4. The number of hydrogen-bond donors (Lipinski definition) is 1. The minimum Gasteiger partial charge on any atom is -0.295 e. The molecule has 0 aliphatic heterocycles. The summed E-state index contributed by atoms with van der Waals surface area (Å²) in [4.78, 5) is 22.0. The first-order chi connectivity index (χ1) is 12.2. The van der Waals surface area contributed by atoms with Crippen molar-refractivity contribution in [3.63, 3.8) is 0 Å². The number of thiophene rings is 1. The summed E-state index contributed by atoms with van der Waals surface area (Å²) in [5.74, 6) is -0.304. The number of pyridine rings is 1. The Balaban J connectivity index is 1.49. The summed E-state index contributed by atoms with van der Waals surface area (Å²) in [6.45, 7) is 0. The molecule has 124 valence electrons. The normalized spacial score (nSPS) is 10.8. The monoisotopic (exact) mass is 449 g/mol. The first-order valence-electron chi connectivity index (χ1n) is 6.95. The fourth-order valence-corrected chi connectivity index (χ4v) is 4.97. The van der Waals surface area contributed by atoms with Gasteiger partial charge in [-0.3, -0.25) is 15.1 Å². The van der Waals surface area contributed by atoms with Gasteiger partial charge in [0.05, 0.1) is 4.88 Å². The molecule has 0 aliphatic carbocycles. The van der Waals surface area contributed by atoms with Gasteiger partial charge in [0.25, 0.3) is 5.91 Å². The van der Waals surface area contributed by atoms with Gasteiger partial charge in [0.15, 0.2) is 5.01 Å². The summed E-state index contributed by atoms with van der Waals surface area (Å²) < 4.78 is 1.00. The number of hydrogen-bond acceptors (Lipinski definition) is 8. The van der Waals surface area contributed by atoms with Gasteiger partial charge >= 0.3 is 0 Å². The topological polar surface area (TPSA) is 80.7 Å². The Kier molecular flexibility index (Phi) is 4.66. The van der Waals surface area contributed by atoms with Crippen LogP contribution in [0.5, 0.6) is 0 Å². The number of nitrogens with one attached hydrogen (secondary N) is 1. The fourth-order valence-electron chi connectivity index (χ4n) is 1.94. The summed E-state index contributed by atoms with van der Waals surface area (Å²) in [7, 11) is 0. The number of carbonyl (C=O) groups excluding carboxylic acids is 1. The second-order valence-electron chi connectivity index (χ2n) is 4.75. The Bertz CT molecular complexity index is 1030. The summed E-state index contributed by atoms with van der Waals surface area (Å²) in [5, 5.41) is 16.4. The molecule has 0 aliphatic rings. The van der Waals surface area contributed by atoms with E-state index in [9.17, 15) is 4.79 Å². The fraction of sp³-hybridized carbons (Fsp3) is 0. The number of thiazole rings is 1. The molecule has 1 N–H and O–H groups in total. The van der Waals surface area contributed by atoms with Crippen LogP contribution in [0.2, 0.25) is 0 Å². The number of nitrogens with zero attached hydrogens (tertiary/aromatic N) is 4. The summed E-state index contributed by atoms with van der Waals surface area (Å²) in [5.41, 5.74) is 1.08. The number of halogens is 1. The largest absolute Gasteiger partial charge is 0.295 e. The molecule has 25 heavy (non-hydrogen) atoms. The number of anilines is 1. The average molecular weight is 450 g/mol. The molecule has 0 fully saturated rings. The van der Waals surface area contributed by atoms with Gasteiger partial charge in [0.1, 0.15) is 16.4 Å². The molecular weight excluding hydrogens is 442 g/mol. The van der Waals surface area contributed by atoms with Crippen LogP contribution in [-0.4, -0.2) is 26.1 Å². The van der Waals surface area contributed by atoms with E-state index in [1.54, 1.807) is 22.9 Å². The molecule has 4 aromatic rings. The van der Waals surface area contributed by atoms with Crippen molar-refractivity contribution in [3.05, 3.63) is 51.4 Å². The Hall–Kier alpha value is -2.01. The molecule has 1 amide bonds. The lowest BCUT2D eigenvalue weighted by Gasteiger charge is -1.96. The molecule has 0 radical (unpaired) electrons. The van der Waals surface area contributed by atoms with Gasteiger partial charge in [-0.15, -0.1) is 32.9 Å². The van der Waals surface area contributed by atoms with E-state index < -0.39 is 0 Å². The molecule has 6 nitrogen and oxygen atoms in total. The quantitative estimate of drug-likeness (QED) is 0.483. The summed E-state index contributed by atoms with van der Waals surface area (Å²) >= 11 is 7.70. The highest BCUT2D eigenvalue weighted by Gasteiger charge is 2.16. The van der Waals surface area contributed by atoms with Gasteiger partial charge in [-0.05, 0) is 34.1 Å². The van der Waals surface area contributed by atoms with E-state index in [2.05, 4.69) is 41.4 Å². The van der Waals surface area contributed by atoms with Crippen LogP contribution in [0.15, 0.2) is 45.7 Å². The van der Waals surface area contributed by atoms with E-state index >= 15 is 0 Å². The van der Waals surface area contributed by atoms with Crippen molar-refractivity contribution in [1.82, 2.24) is 20.2 Å².